The standard InChI is InChI=1S/C5H8F4O.C3H8.C2H5F.CH3F/c1-2-4(7)10-5(8,9)3-6;1-3-2;1-2-3;1-2/h4H,2-3H2,1H3;3H2,1-2H3;2H2,1H3;1H3. The number of hydrogen-bond donors (Lipinski definition) is 0. The molecule has 0 radical (unpaired) electrons. The summed E-state index contributed by atoms with van der Waals surface area (Å²) in [5.74, 6) is 0. The van der Waals surface area contributed by atoms with Crippen LogP contribution in [0, 0.1) is 0 Å². The van der Waals surface area contributed by atoms with Gasteiger partial charge in [-0.15, -0.1) is 0 Å². The number of rotatable bonds is 4. The minimum absolute atomic E-state index is 0.213. The zero-order valence-electron chi connectivity index (χ0n) is 11.6. The normalized spacial score (nSPS) is 10.8. The fraction of sp³-hybridized carbons (Fsp3) is 1.00. The molecule has 0 aromatic heterocycles. The summed E-state index contributed by atoms with van der Waals surface area (Å²) in [4.78, 5) is 0. The molecule has 0 saturated carbocycles. The Hall–Kier alpha value is -0.460. The van der Waals surface area contributed by atoms with E-state index in [1.165, 1.54) is 20.3 Å². The molecule has 0 spiro atoms. The number of hydrogen-bond acceptors (Lipinski definition) is 1. The van der Waals surface area contributed by atoms with Gasteiger partial charge in [-0.25, -0.2) is 8.78 Å². The highest BCUT2D eigenvalue weighted by Gasteiger charge is 2.33. The van der Waals surface area contributed by atoms with E-state index in [1.807, 2.05) is 0 Å². The van der Waals surface area contributed by atoms with Crippen LogP contribution in [0.25, 0.3) is 0 Å². The van der Waals surface area contributed by atoms with E-state index >= 15 is 0 Å². The van der Waals surface area contributed by atoms with E-state index < -0.39 is 19.1 Å². The van der Waals surface area contributed by atoms with E-state index in [9.17, 15) is 26.3 Å². The molecule has 0 saturated heterocycles. The summed E-state index contributed by atoms with van der Waals surface area (Å²) in [6, 6.07) is 0. The van der Waals surface area contributed by atoms with Gasteiger partial charge in [0.25, 0.3) is 0 Å². The highest BCUT2D eigenvalue weighted by molar-refractivity contribution is 4.49. The van der Waals surface area contributed by atoms with Crippen molar-refractivity contribution in [2.75, 3.05) is 20.5 Å². The fourth-order valence-corrected chi connectivity index (χ4v) is 0.302. The summed E-state index contributed by atoms with van der Waals surface area (Å²) >= 11 is 0. The van der Waals surface area contributed by atoms with Gasteiger partial charge < -0.3 is 0 Å². The average Bonchev–Trinajstić information content (AvgIpc) is 2.33. The van der Waals surface area contributed by atoms with Crippen molar-refractivity contribution < 1.29 is 31.1 Å². The van der Waals surface area contributed by atoms with Crippen LogP contribution in [0.1, 0.15) is 40.5 Å². The van der Waals surface area contributed by atoms with E-state index in [1.54, 1.807) is 0 Å². The molecule has 0 aliphatic rings. The third-order valence-electron chi connectivity index (χ3n) is 0.777. The lowest BCUT2D eigenvalue weighted by Crippen LogP contribution is -2.27. The second kappa shape index (κ2) is 21.8. The molecule has 0 amide bonds. The molecular formula is C11H24F6O. The van der Waals surface area contributed by atoms with Crippen LogP contribution >= 0.6 is 0 Å². The molecule has 1 nitrogen and oxygen atoms in total. The summed E-state index contributed by atoms with van der Waals surface area (Å²) in [6.07, 6.45) is -5.03. The minimum Gasteiger partial charge on any atom is -0.284 e. The van der Waals surface area contributed by atoms with Gasteiger partial charge in [0.2, 0.25) is 6.36 Å². The molecule has 0 aromatic carbocycles. The van der Waals surface area contributed by atoms with Gasteiger partial charge in [-0.1, -0.05) is 27.2 Å². The van der Waals surface area contributed by atoms with Crippen molar-refractivity contribution in [3.05, 3.63) is 0 Å². The van der Waals surface area contributed by atoms with Crippen molar-refractivity contribution in [2.45, 2.75) is 53.0 Å². The van der Waals surface area contributed by atoms with Gasteiger partial charge in [0.05, 0.1) is 13.9 Å². The summed E-state index contributed by atoms with van der Waals surface area (Å²) in [5, 5.41) is 0. The Morgan fingerprint density at radius 3 is 1.44 bits per heavy atom. The van der Waals surface area contributed by atoms with Crippen LogP contribution < -0.4 is 0 Å². The summed E-state index contributed by atoms with van der Waals surface area (Å²) in [5.41, 5.74) is 0. The fourth-order valence-electron chi connectivity index (χ4n) is 0.302. The zero-order valence-corrected chi connectivity index (χ0v) is 11.6. The summed E-state index contributed by atoms with van der Waals surface area (Å²) in [6.45, 7) is 4.78. The molecule has 18 heavy (non-hydrogen) atoms. The molecule has 1 atom stereocenters. The van der Waals surface area contributed by atoms with Crippen molar-refractivity contribution in [2.24, 2.45) is 0 Å². The maximum Gasteiger partial charge on any atom is 0.386 e. The molecule has 1 unspecified atom stereocenters. The van der Waals surface area contributed by atoms with Crippen LogP contribution in [-0.2, 0) is 4.74 Å². The maximum absolute atomic E-state index is 11.9. The van der Waals surface area contributed by atoms with Gasteiger partial charge in [-0.2, -0.15) is 8.78 Å². The van der Waals surface area contributed by atoms with Crippen molar-refractivity contribution in [3.63, 3.8) is 0 Å². The molecular weight excluding hydrogens is 262 g/mol. The first kappa shape index (κ1) is 26.2. The SMILES string of the molecule is CCC.CCC(F)OC(F)(F)CF.CCF.CF. The first-order chi connectivity index (χ1) is 8.34. The third kappa shape index (κ3) is 36.1. The smallest absolute Gasteiger partial charge is 0.284 e. The predicted molar refractivity (Wildman–Crippen MR) is 61.8 cm³/mol. The number of alkyl halides is 6. The number of ether oxygens (including phenoxy) is 1. The summed E-state index contributed by atoms with van der Waals surface area (Å²) in [7, 11) is 0.500. The van der Waals surface area contributed by atoms with Crippen LogP contribution in [0.5, 0.6) is 0 Å². The van der Waals surface area contributed by atoms with Gasteiger partial charge in [0.1, 0.15) is 0 Å². The molecule has 0 aliphatic heterocycles. The number of halogens is 6. The van der Waals surface area contributed by atoms with E-state index in [2.05, 4.69) is 18.6 Å². The van der Waals surface area contributed by atoms with Crippen LogP contribution in [-0.4, -0.2) is 33.0 Å². The van der Waals surface area contributed by atoms with E-state index in [-0.39, 0.29) is 13.1 Å². The average molecular weight is 286 g/mol. The van der Waals surface area contributed by atoms with Gasteiger partial charge >= 0.3 is 6.11 Å². The highest BCUT2D eigenvalue weighted by Crippen LogP contribution is 2.19. The molecule has 0 rings (SSSR count). The predicted octanol–water partition coefficient (Wildman–Crippen LogP) is 5.25. The molecule has 0 fully saturated rings. The van der Waals surface area contributed by atoms with E-state index in [0.717, 1.165) is 0 Å². The van der Waals surface area contributed by atoms with Crippen molar-refractivity contribution in [1.29, 1.82) is 0 Å². The van der Waals surface area contributed by atoms with E-state index in [0.29, 0.717) is 7.18 Å². The third-order valence-corrected chi connectivity index (χ3v) is 0.777. The minimum atomic E-state index is -3.98. The van der Waals surface area contributed by atoms with Crippen LogP contribution in [0.2, 0.25) is 0 Å². The van der Waals surface area contributed by atoms with Gasteiger partial charge in [0, 0.05) is 6.42 Å². The molecule has 7 heteroatoms. The van der Waals surface area contributed by atoms with Crippen LogP contribution in [0.4, 0.5) is 26.3 Å². The Kier molecular flexibility index (Phi) is 31.7. The lowest BCUT2D eigenvalue weighted by Gasteiger charge is -2.14. The maximum atomic E-state index is 11.9. The first-order valence-electron chi connectivity index (χ1n) is 5.54. The van der Waals surface area contributed by atoms with Gasteiger partial charge in [-0.05, 0) is 6.92 Å². The molecule has 0 N–H and O–H groups in total. The lowest BCUT2D eigenvalue weighted by atomic mass is 10.5. The molecule has 0 aliphatic carbocycles. The Balaban J connectivity index is -0.000000102. The second-order valence-corrected chi connectivity index (χ2v) is 2.68. The van der Waals surface area contributed by atoms with Crippen molar-refractivity contribution in [3.8, 4) is 0 Å². The van der Waals surface area contributed by atoms with Crippen molar-refractivity contribution in [1.82, 2.24) is 0 Å². The lowest BCUT2D eigenvalue weighted by molar-refractivity contribution is -0.293. The molecule has 0 aromatic rings. The van der Waals surface area contributed by atoms with Gasteiger partial charge in [0.15, 0.2) is 6.67 Å². The molecule has 116 valence electrons. The first-order valence-corrected chi connectivity index (χ1v) is 5.54. The second-order valence-electron chi connectivity index (χ2n) is 2.68. The van der Waals surface area contributed by atoms with Gasteiger partial charge in [-0.3, -0.25) is 13.5 Å². The quantitative estimate of drug-likeness (QED) is 0.641. The van der Waals surface area contributed by atoms with E-state index in [4.69, 9.17) is 0 Å². The van der Waals surface area contributed by atoms with Crippen LogP contribution in [0.3, 0.4) is 0 Å². The van der Waals surface area contributed by atoms with Crippen LogP contribution in [0.15, 0.2) is 0 Å². The Labute approximate surface area is 106 Å². The Morgan fingerprint density at radius 1 is 1.00 bits per heavy atom. The zero-order chi connectivity index (χ0) is 15.6. The van der Waals surface area contributed by atoms with Crippen molar-refractivity contribution >= 4 is 0 Å². The monoisotopic (exact) mass is 286 g/mol. The summed E-state index contributed by atoms with van der Waals surface area (Å²) < 4.78 is 69.8. The highest BCUT2D eigenvalue weighted by atomic mass is 19.3. The Morgan fingerprint density at radius 2 is 1.28 bits per heavy atom. The largest absolute Gasteiger partial charge is 0.386 e. The molecule has 0 bridgehead atoms. The molecule has 0 heterocycles. The Bertz CT molecular complexity index is 122. The topological polar surface area (TPSA) is 9.23 Å².